The van der Waals surface area contributed by atoms with Gasteiger partial charge in [-0.3, -0.25) is 4.57 Å². The van der Waals surface area contributed by atoms with Crippen molar-refractivity contribution < 1.29 is 14.3 Å². The number of hydrogen-bond donors (Lipinski definition) is 0. The third kappa shape index (κ3) is 5.11. The molecule has 0 bridgehead atoms. The van der Waals surface area contributed by atoms with Gasteiger partial charge in [-0.15, -0.1) is 0 Å². The van der Waals surface area contributed by atoms with E-state index in [1.165, 1.54) is 0 Å². The van der Waals surface area contributed by atoms with Crippen LogP contribution in [0.3, 0.4) is 0 Å². The minimum Gasteiger partial charge on any atom is -0.496 e. The molecular formula is C25H28Cl2N2O3. The van der Waals surface area contributed by atoms with E-state index in [1.54, 1.807) is 32.2 Å². The van der Waals surface area contributed by atoms with Crippen LogP contribution in [0.4, 0.5) is 0 Å². The first-order chi connectivity index (χ1) is 15.1. The van der Waals surface area contributed by atoms with E-state index in [1.807, 2.05) is 29.7 Å². The van der Waals surface area contributed by atoms with Crippen LogP contribution >= 0.6 is 23.2 Å². The summed E-state index contributed by atoms with van der Waals surface area (Å²) in [6.07, 6.45) is 0.619. The number of hydrogen-bond acceptors (Lipinski definition) is 4. The summed E-state index contributed by atoms with van der Waals surface area (Å²) < 4.78 is 13.0. The number of methoxy groups -OCH3 is 1. The Labute approximate surface area is 199 Å². The molecule has 0 aliphatic heterocycles. The summed E-state index contributed by atoms with van der Waals surface area (Å²) in [6.45, 7) is 10.4. The highest BCUT2D eigenvalue weighted by molar-refractivity contribution is 6.31. The second-order valence-electron chi connectivity index (χ2n) is 8.79. The minimum absolute atomic E-state index is 0.0861. The molecule has 32 heavy (non-hydrogen) atoms. The summed E-state index contributed by atoms with van der Waals surface area (Å²) in [7, 11) is 1.58. The van der Waals surface area contributed by atoms with Gasteiger partial charge in [-0.05, 0) is 55.2 Å². The summed E-state index contributed by atoms with van der Waals surface area (Å²) in [4.78, 5) is 17.8. The molecule has 0 unspecified atom stereocenters. The fraction of sp³-hybridized carbons (Fsp3) is 0.360. The zero-order valence-electron chi connectivity index (χ0n) is 19.3. The number of carbonyl (C=O) groups excluding carboxylic acids is 1. The van der Waals surface area contributed by atoms with Crippen LogP contribution in [0.25, 0.3) is 16.9 Å². The van der Waals surface area contributed by atoms with E-state index < -0.39 is 5.97 Å². The summed E-state index contributed by atoms with van der Waals surface area (Å²) in [5, 5.41) is 1.10. The van der Waals surface area contributed by atoms with Crippen LogP contribution in [0.5, 0.6) is 5.75 Å². The van der Waals surface area contributed by atoms with Crippen molar-refractivity contribution in [3.05, 3.63) is 63.5 Å². The minimum atomic E-state index is -0.502. The van der Waals surface area contributed by atoms with Crippen molar-refractivity contribution in [1.82, 2.24) is 9.55 Å². The maximum atomic E-state index is 13.0. The number of nitrogens with zero attached hydrogens (tertiary/aromatic N) is 2. The molecule has 0 aliphatic rings. The second-order valence-corrected chi connectivity index (χ2v) is 9.67. The van der Waals surface area contributed by atoms with Crippen LogP contribution in [-0.2, 0) is 11.2 Å². The maximum Gasteiger partial charge on any atom is 0.359 e. The first-order valence-electron chi connectivity index (χ1n) is 10.4. The monoisotopic (exact) mass is 474 g/mol. The number of ether oxygens (including phenoxy) is 2. The molecule has 0 atom stereocenters. The van der Waals surface area contributed by atoms with Crippen LogP contribution in [0, 0.1) is 12.3 Å². The van der Waals surface area contributed by atoms with E-state index >= 15 is 0 Å². The molecule has 5 nitrogen and oxygen atoms in total. The second kappa shape index (κ2) is 9.55. The molecule has 7 heteroatoms. The number of carbonyl (C=O) groups is 1. The van der Waals surface area contributed by atoms with Gasteiger partial charge < -0.3 is 9.47 Å². The van der Waals surface area contributed by atoms with Crippen molar-refractivity contribution in [3.63, 3.8) is 0 Å². The first kappa shape index (κ1) is 24.1. The molecule has 3 aromatic rings. The molecule has 0 aliphatic carbocycles. The van der Waals surface area contributed by atoms with Gasteiger partial charge in [0, 0.05) is 22.0 Å². The molecule has 0 spiro atoms. The van der Waals surface area contributed by atoms with Gasteiger partial charge in [-0.2, -0.15) is 0 Å². The molecule has 0 amide bonds. The maximum absolute atomic E-state index is 13.0. The van der Waals surface area contributed by atoms with E-state index in [-0.39, 0.29) is 17.7 Å². The van der Waals surface area contributed by atoms with E-state index in [0.717, 1.165) is 17.1 Å². The molecule has 0 fully saturated rings. The molecular weight excluding hydrogens is 447 g/mol. The number of aryl methyl sites for hydroxylation is 1. The van der Waals surface area contributed by atoms with Gasteiger partial charge in [0.1, 0.15) is 11.6 Å². The number of esters is 1. The van der Waals surface area contributed by atoms with Crippen LogP contribution in [0.2, 0.25) is 10.0 Å². The smallest absolute Gasteiger partial charge is 0.359 e. The Kier molecular flexibility index (Phi) is 7.21. The van der Waals surface area contributed by atoms with Gasteiger partial charge >= 0.3 is 5.97 Å². The third-order valence-electron chi connectivity index (χ3n) is 4.93. The highest BCUT2D eigenvalue weighted by Crippen LogP contribution is 2.39. The normalized spacial score (nSPS) is 11.5. The van der Waals surface area contributed by atoms with Crippen molar-refractivity contribution in [1.29, 1.82) is 0 Å². The lowest BCUT2D eigenvalue weighted by atomic mass is 9.92. The Morgan fingerprint density at radius 1 is 1.09 bits per heavy atom. The van der Waals surface area contributed by atoms with Crippen molar-refractivity contribution >= 4 is 29.2 Å². The SMILES string of the molecule is CCOC(=O)c1nc(CC(C)(C)C)n(-c2cc(Cl)ccc2C)c1-c1cc(Cl)ccc1OC. The average Bonchev–Trinajstić information content (AvgIpc) is 3.07. The molecule has 1 aromatic heterocycles. The predicted octanol–water partition coefficient (Wildman–Crippen LogP) is 6.93. The zero-order chi connectivity index (χ0) is 23.6. The summed E-state index contributed by atoms with van der Waals surface area (Å²) in [6, 6.07) is 11.0. The number of imidazole rings is 1. The highest BCUT2D eigenvalue weighted by Gasteiger charge is 2.30. The fourth-order valence-electron chi connectivity index (χ4n) is 3.60. The summed E-state index contributed by atoms with van der Waals surface area (Å²) in [5.41, 5.74) is 3.15. The largest absolute Gasteiger partial charge is 0.496 e. The Morgan fingerprint density at radius 3 is 2.38 bits per heavy atom. The lowest BCUT2D eigenvalue weighted by Crippen LogP contribution is -2.15. The van der Waals surface area contributed by atoms with Crippen LogP contribution in [0.15, 0.2) is 36.4 Å². The lowest BCUT2D eigenvalue weighted by Gasteiger charge is -2.21. The van der Waals surface area contributed by atoms with Crippen LogP contribution in [0.1, 0.15) is 49.6 Å². The van der Waals surface area contributed by atoms with Gasteiger partial charge in [-0.25, -0.2) is 9.78 Å². The van der Waals surface area contributed by atoms with Gasteiger partial charge in [-0.1, -0.05) is 50.0 Å². The van der Waals surface area contributed by atoms with Gasteiger partial charge in [0.2, 0.25) is 0 Å². The van der Waals surface area contributed by atoms with Crippen molar-refractivity contribution in [2.45, 2.75) is 41.0 Å². The first-order valence-corrected chi connectivity index (χ1v) is 11.2. The molecule has 170 valence electrons. The lowest BCUT2D eigenvalue weighted by molar-refractivity contribution is 0.0520. The Bertz CT molecular complexity index is 1150. The molecule has 1 heterocycles. The molecule has 0 saturated carbocycles. The van der Waals surface area contributed by atoms with Gasteiger partial charge in [0.05, 0.1) is 25.1 Å². The highest BCUT2D eigenvalue weighted by atomic mass is 35.5. The standard InChI is InChI=1S/C25H28Cl2N2O3/c1-7-32-24(30)22-23(18-12-16(26)10-11-20(18)31-6)29(21(28-22)14-25(3,4)5)19-13-17(27)9-8-15(19)2/h8-13H,7,14H2,1-6H3. The number of aromatic nitrogens is 2. The number of halogens is 2. The summed E-state index contributed by atoms with van der Waals surface area (Å²) in [5.74, 6) is 0.796. The summed E-state index contributed by atoms with van der Waals surface area (Å²) >= 11 is 12.7. The molecule has 0 N–H and O–H groups in total. The quantitative estimate of drug-likeness (QED) is 0.363. The topological polar surface area (TPSA) is 53.3 Å². The third-order valence-corrected chi connectivity index (χ3v) is 5.40. The zero-order valence-corrected chi connectivity index (χ0v) is 20.8. The van der Waals surface area contributed by atoms with Crippen molar-refractivity contribution in [2.24, 2.45) is 5.41 Å². The van der Waals surface area contributed by atoms with Gasteiger partial charge in [0.25, 0.3) is 0 Å². The van der Waals surface area contributed by atoms with E-state index in [0.29, 0.717) is 33.5 Å². The number of rotatable bonds is 6. The molecule has 2 aromatic carbocycles. The van der Waals surface area contributed by atoms with Crippen molar-refractivity contribution in [2.75, 3.05) is 13.7 Å². The Balaban J connectivity index is 2.47. The van der Waals surface area contributed by atoms with E-state index in [4.69, 9.17) is 37.7 Å². The van der Waals surface area contributed by atoms with E-state index in [9.17, 15) is 4.79 Å². The van der Waals surface area contributed by atoms with Crippen LogP contribution in [-0.4, -0.2) is 29.2 Å². The predicted molar refractivity (Wildman–Crippen MR) is 129 cm³/mol. The molecule has 0 radical (unpaired) electrons. The Morgan fingerprint density at radius 2 is 1.75 bits per heavy atom. The Hall–Kier alpha value is -2.50. The van der Waals surface area contributed by atoms with Crippen molar-refractivity contribution in [3.8, 4) is 22.7 Å². The molecule has 3 rings (SSSR count). The average molecular weight is 475 g/mol. The van der Waals surface area contributed by atoms with Gasteiger partial charge in [0.15, 0.2) is 5.69 Å². The van der Waals surface area contributed by atoms with Crippen LogP contribution < -0.4 is 4.74 Å². The molecule has 0 saturated heterocycles. The number of benzene rings is 2. The fourth-order valence-corrected chi connectivity index (χ4v) is 3.94. The van der Waals surface area contributed by atoms with E-state index in [2.05, 4.69) is 20.8 Å².